The summed E-state index contributed by atoms with van der Waals surface area (Å²) in [6, 6.07) is 59.8. The maximum Gasteiger partial charge on any atom is 0.298 e. The summed E-state index contributed by atoms with van der Waals surface area (Å²) in [6.45, 7) is 26.1. The molecule has 130 heavy (non-hydrogen) atoms. The summed E-state index contributed by atoms with van der Waals surface area (Å²) < 4.78 is 3.11. The summed E-state index contributed by atoms with van der Waals surface area (Å²) in [5.41, 5.74) is 19.9. The van der Waals surface area contributed by atoms with E-state index in [1.165, 1.54) is 111 Å². The van der Waals surface area contributed by atoms with Crippen LogP contribution in [0.5, 0.6) is 0 Å². The van der Waals surface area contributed by atoms with Gasteiger partial charge in [-0.25, -0.2) is 0 Å². The Morgan fingerprint density at radius 1 is 0.346 bits per heavy atom. The number of nitrogens with zero attached hydrogens (tertiary/aromatic N) is 6. The normalized spacial score (nSPS) is 17.3. The van der Waals surface area contributed by atoms with Gasteiger partial charge < -0.3 is 39.4 Å². The Balaban J connectivity index is 0.000000133. The number of halogens is 6. The van der Waals surface area contributed by atoms with E-state index in [0.717, 1.165) is 49.4 Å². The quantitative estimate of drug-likeness (QED) is 0.0999. The fraction of sp³-hybridized carbons (Fsp3) is 0.231. The number of aryl methyl sites for hydroxylation is 4. The molecular weight excluding hydrogens is 1830 g/mol. The molecule has 6 aliphatic rings. The number of nitrogens with one attached hydrogen (secondary N) is 2. The second kappa shape index (κ2) is 44.1. The van der Waals surface area contributed by atoms with Crippen LogP contribution in [0.15, 0.2) is 254 Å². The third-order valence-electron chi connectivity index (χ3n) is 23.9. The smallest absolute Gasteiger partial charge is 0.298 e. The van der Waals surface area contributed by atoms with Crippen LogP contribution in [0, 0.1) is 52.4 Å². The SMILES string of the molecule is C#CC(=O)N1Cc2sc(Cl)cc2[C@@H](c2ccccc2C)C1.C#CC(=O)N1Cc2sc(Cl)cc2[C@H](c2ccccc2C)C1.C/C=C/C(=O)N1Cc2sc(Cl)cc2[C@@H](c2ccccc2C)C1.C/C=C/C(=O)N1Cc2sc(Cl)cc2[C@H](c2ccccc2C)C1.C=CC(=O)N1Cc2cc(Cl)ccc2[C@@H](c2ccc[nH]c2=O)C1.C=CC(=O)N1Cc2cc(Cl)ccc2[C@H](c2ccc[nH]c2=O)C1. The van der Waals surface area contributed by atoms with Gasteiger partial charge in [-0.3, -0.25) is 38.4 Å². The summed E-state index contributed by atoms with van der Waals surface area (Å²) >= 11 is 43.2. The van der Waals surface area contributed by atoms with Crippen LogP contribution >= 0.6 is 115 Å². The van der Waals surface area contributed by atoms with E-state index in [0.29, 0.717) is 99.7 Å². The van der Waals surface area contributed by atoms with Gasteiger partial charge in [-0.2, -0.15) is 0 Å². The van der Waals surface area contributed by atoms with Crippen LogP contribution in [-0.2, 0) is 68.0 Å². The highest BCUT2D eigenvalue weighted by Crippen LogP contribution is 2.47. The summed E-state index contributed by atoms with van der Waals surface area (Å²) in [7, 11) is 0. The summed E-state index contributed by atoms with van der Waals surface area (Å²) in [6.07, 6.45) is 23.2. The summed E-state index contributed by atoms with van der Waals surface area (Å²) in [4.78, 5) is 117. The number of rotatable bonds is 10. The van der Waals surface area contributed by atoms with Crippen LogP contribution in [0.2, 0.25) is 27.4 Å². The standard InChI is InChI=1S/2C18H18ClNOS.2C17H15ClN2O2.2C17H14ClNOS/c2*1-3-6-18(21)20-10-15(13-8-5-4-7-12(13)2)14-9-17(19)22-16(14)11-20;2*1-2-16(21)20-9-11-8-12(18)5-6-13(11)15(10-20)14-4-3-7-19-17(14)22;2*1-3-17(20)19-9-14(12-7-5-4-6-11(12)2)13-8-16(18)21-15(13)10-19/h2*3-9,15H,10-11H2,1-2H3;2*2-8,15H,1,9-10H2,(H,19,22);2*1,4-8,14H,9-10H2,2H3/b2*6-3+;;;;/t4*15-;2*14-/m101010/s1. The van der Waals surface area contributed by atoms with Crippen LogP contribution in [0.1, 0.15) is 169 Å². The van der Waals surface area contributed by atoms with Gasteiger partial charge in [0.2, 0.25) is 23.6 Å². The fourth-order valence-electron chi connectivity index (χ4n) is 17.7. The molecule has 6 aliphatic heterocycles. The maximum absolute atomic E-state index is 12.3. The van der Waals surface area contributed by atoms with E-state index in [4.69, 9.17) is 82.5 Å². The van der Waals surface area contributed by atoms with Gasteiger partial charge in [0.05, 0.1) is 43.5 Å². The first-order chi connectivity index (χ1) is 62.6. The molecule has 12 heterocycles. The first-order valence-corrected chi connectivity index (χ1v) is 47.6. The lowest BCUT2D eigenvalue weighted by Crippen LogP contribution is -2.39. The lowest BCUT2D eigenvalue weighted by atomic mass is 9.85. The topological polar surface area (TPSA) is 188 Å². The highest BCUT2D eigenvalue weighted by atomic mass is 35.5. The molecule has 12 aromatic rings. The Morgan fingerprint density at radius 2 is 0.608 bits per heavy atom. The first-order valence-electron chi connectivity index (χ1n) is 42.0. The third-order valence-corrected chi connectivity index (χ3v) is 29.5. The number of fused-ring (bicyclic) bond motifs is 6. The Labute approximate surface area is 803 Å². The van der Waals surface area contributed by atoms with E-state index in [1.54, 1.807) is 103 Å². The van der Waals surface area contributed by atoms with E-state index >= 15 is 0 Å². The largest absolute Gasteiger partial charge is 0.334 e. The van der Waals surface area contributed by atoms with Crippen LogP contribution in [-0.4, -0.2) is 114 Å². The van der Waals surface area contributed by atoms with Gasteiger partial charge in [0.25, 0.3) is 22.9 Å². The van der Waals surface area contributed by atoms with Crippen molar-refractivity contribution in [2.24, 2.45) is 0 Å². The number of carbonyl (C=O) groups excluding carboxylic acids is 6. The van der Waals surface area contributed by atoms with Crippen LogP contribution in [0.25, 0.3) is 0 Å². The number of aromatic nitrogens is 2. The van der Waals surface area contributed by atoms with E-state index in [1.807, 2.05) is 109 Å². The maximum atomic E-state index is 12.3. The third kappa shape index (κ3) is 22.6. The van der Waals surface area contributed by atoms with Gasteiger partial charge in [0, 0.05) is 141 Å². The summed E-state index contributed by atoms with van der Waals surface area (Å²) in [5.74, 6) is 4.07. The molecule has 664 valence electrons. The highest BCUT2D eigenvalue weighted by molar-refractivity contribution is 7.17. The van der Waals surface area contributed by atoms with Crippen molar-refractivity contribution in [3.05, 3.63) is 412 Å². The minimum absolute atomic E-state index is 0.0660. The molecule has 0 saturated heterocycles. The minimum atomic E-state index is -0.260. The molecule has 0 radical (unpaired) electrons. The number of pyridine rings is 2. The van der Waals surface area contributed by atoms with Gasteiger partial charge in [-0.1, -0.05) is 216 Å². The molecule has 0 bridgehead atoms. The predicted molar refractivity (Wildman–Crippen MR) is 530 cm³/mol. The van der Waals surface area contributed by atoms with Crippen LogP contribution in [0.3, 0.4) is 0 Å². The first kappa shape index (κ1) is 96.2. The monoisotopic (exact) mass is 1920 g/mol. The number of aromatic amines is 2. The molecule has 0 spiro atoms. The van der Waals surface area contributed by atoms with Crippen molar-refractivity contribution in [1.82, 2.24) is 39.4 Å². The average Bonchev–Trinajstić information content (AvgIpc) is 1.76. The lowest BCUT2D eigenvalue weighted by molar-refractivity contribution is -0.127. The number of allylic oxidation sites excluding steroid dienone is 2. The van der Waals surface area contributed by atoms with Gasteiger partial charge in [-0.15, -0.1) is 58.2 Å². The number of amides is 6. The molecule has 18 rings (SSSR count). The van der Waals surface area contributed by atoms with Crippen molar-refractivity contribution < 1.29 is 28.8 Å². The molecule has 0 unspecified atom stereocenters. The van der Waals surface area contributed by atoms with Gasteiger partial charge in [0.1, 0.15) is 0 Å². The van der Waals surface area contributed by atoms with Crippen molar-refractivity contribution in [2.45, 2.75) is 116 Å². The molecule has 6 aromatic carbocycles. The fourth-order valence-corrected chi connectivity index (χ4v) is 23.5. The van der Waals surface area contributed by atoms with Crippen molar-refractivity contribution >= 4 is 150 Å². The second-order valence-electron chi connectivity index (χ2n) is 32.0. The molecule has 0 fully saturated rings. The number of thiophene rings is 4. The number of hydrogen-bond acceptors (Lipinski definition) is 12. The number of terminal acetylenes is 2. The molecule has 6 aromatic heterocycles. The minimum Gasteiger partial charge on any atom is -0.334 e. The highest BCUT2D eigenvalue weighted by Gasteiger charge is 2.38. The van der Waals surface area contributed by atoms with Gasteiger partial charge >= 0.3 is 0 Å². The number of benzene rings is 6. The average molecular weight is 1920 g/mol. The van der Waals surface area contributed by atoms with Crippen molar-refractivity contribution in [3.63, 3.8) is 0 Å². The van der Waals surface area contributed by atoms with E-state index in [-0.39, 0.29) is 82.1 Å². The van der Waals surface area contributed by atoms with Gasteiger partial charge in [0.15, 0.2) is 0 Å². The molecule has 6 atom stereocenters. The van der Waals surface area contributed by atoms with Crippen molar-refractivity contribution in [1.29, 1.82) is 0 Å². The number of hydrogen-bond donors (Lipinski definition) is 2. The van der Waals surface area contributed by atoms with E-state index in [2.05, 4.69) is 135 Å². The van der Waals surface area contributed by atoms with Crippen molar-refractivity contribution in [2.75, 3.05) is 39.3 Å². The van der Waals surface area contributed by atoms with Crippen LogP contribution in [0.4, 0.5) is 0 Å². The molecule has 26 heteroatoms. The Kier molecular flexibility index (Phi) is 32.6. The number of carbonyl (C=O) groups is 6. The van der Waals surface area contributed by atoms with E-state index in [9.17, 15) is 38.4 Å². The Bertz CT molecular complexity index is 6170. The molecule has 0 aliphatic carbocycles. The van der Waals surface area contributed by atoms with Crippen LogP contribution < -0.4 is 11.1 Å². The molecule has 6 amide bonds. The molecule has 0 saturated carbocycles. The lowest BCUT2D eigenvalue weighted by Gasteiger charge is -2.34. The zero-order chi connectivity index (χ0) is 92.7. The molecule has 2 N–H and O–H groups in total. The van der Waals surface area contributed by atoms with E-state index < -0.39 is 0 Å². The molecular formula is C104H94Cl6N8O8S4. The zero-order valence-electron chi connectivity index (χ0n) is 72.3. The predicted octanol–water partition coefficient (Wildman–Crippen LogP) is 22.5. The zero-order valence-corrected chi connectivity index (χ0v) is 80.1. The van der Waals surface area contributed by atoms with Crippen molar-refractivity contribution in [3.8, 4) is 24.7 Å². The Hall–Kier alpha value is -11.3. The number of H-pyrrole nitrogens is 2. The summed E-state index contributed by atoms with van der Waals surface area (Å²) in [5, 5.41) is 1.24. The molecule has 16 nitrogen and oxygen atoms in total. The second-order valence-corrected chi connectivity index (χ2v) is 39.9. The Morgan fingerprint density at radius 3 is 0.877 bits per heavy atom. The van der Waals surface area contributed by atoms with Gasteiger partial charge in [-0.05, 0) is 227 Å².